The van der Waals surface area contributed by atoms with E-state index in [-0.39, 0.29) is 18.6 Å². The molecule has 0 bridgehead atoms. The van der Waals surface area contributed by atoms with Crippen LogP contribution in [0.3, 0.4) is 0 Å². The fourth-order valence-corrected chi connectivity index (χ4v) is 3.41. The molecular weight excluding hydrogens is 376 g/mol. The highest BCUT2D eigenvalue weighted by molar-refractivity contribution is 5.92. The van der Waals surface area contributed by atoms with Crippen LogP contribution < -0.4 is 0 Å². The van der Waals surface area contributed by atoms with E-state index in [1.165, 1.54) is 6.92 Å². The molecule has 29 heavy (non-hydrogen) atoms. The molecule has 7 nitrogen and oxygen atoms in total. The molecule has 1 heterocycles. The molecule has 0 aromatic heterocycles. The Labute approximate surface area is 170 Å². The maximum absolute atomic E-state index is 12.5. The number of aliphatic hydroxyl groups excluding tert-OH is 1. The summed E-state index contributed by atoms with van der Waals surface area (Å²) < 4.78 is 16.3. The van der Waals surface area contributed by atoms with Crippen LogP contribution in [0.15, 0.2) is 47.1 Å². The van der Waals surface area contributed by atoms with Gasteiger partial charge in [0.1, 0.15) is 18.8 Å². The predicted octanol–water partition coefficient (Wildman–Crippen LogP) is 2.55. The Morgan fingerprint density at radius 3 is 2.62 bits per heavy atom. The monoisotopic (exact) mass is 404 g/mol. The van der Waals surface area contributed by atoms with E-state index in [4.69, 9.17) is 14.2 Å². The van der Waals surface area contributed by atoms with Gasteiger partial charge in [0.15, 0.2) is 0 Å². The second-order valence-electron chi connectivity index (χ2n) is 7.43. The highest BCUT2D eigenvalue weighted by Crippen LogP contribution is 2.36. The van der Waals surface area contributed by atoms with Crippen LogP contribution in [0.25, 0.3) is 0 Å². The molecule has 1 fully saturated rings. The summed E-state index contributed by atoms with van der Waals surface area (Å²) in [7, 11) is 0. The summed E-state index contributed by atoms with van der Waals surface area (Å²) in [6.07, 6.45) is 3.24. The van der Waals surface area contributed by atoms with E-state index in [2.05, 4.69) is 6.58 Å². The lowest BCUT2D eigenvalue weighted by atomic mass is 9.85. The predicted molar refractivity (Wildman–Crippen MR) is 106 cm³/mol. The first-order valence-corrected chi connectivity index (χ1v) is 9.54. The van der Waals surface area contributed by atoms with Crippen molar-refractivity contribution in [2.75, 3.05) is 6.61 Å². The SMILES string of the molecule is C=C1C(=O)O[C@@H]2/C=C(\C)C[C@@H](O)/C=C(\COC(C)=O)C[C@@H](OC(=O)/C(C)=C\C)[C@@H]12. The Morgan fingerprint density at radius 2 is 2.00 bits per heavy atom. The van der Waals surface area contributed by atoms with E-state index in [0.717, 1.165) is 5.57 Å². The van der Waals surface area contributed by atoms with Crippen molar-refractivity contribution in [1.82, 2.24) is 0 Å². The van der Waals surface area contributed by atoms with Crippen LogP contribution in [-0.2, 0) is 28.6 Å². The highest BCUT2D eigenvalue weighted by atomic mass is 16.6. The van der Waals surface area contributed by atoms with Crippen LogP contribution in [0.4, 0.5) is 0 Å². The second-order valence-corrected chi connectivity index (χ2v) is 7.43. The van der Waals surface area contributed by atoms with Gasteiger partial charge in [0.25, 0.3) is 0 Å². The number of fused-ring (bicyclic) bond motifs is 1. The van der Waals surface area contributed by atoms with Gasteiger partial charge in [0.05, 0.1) is 12.0 Å². The fraction of sp³-hybridized carbons (Fsp3) is 0.500. The number of aliphatic hydroxyl groups is 1. The van der Waals surface area contributed by atoms with Gasteiger partial charge in [-0.3, -0.25) is 4.79 Å². The van der Waals surface area contributed by atoms with Crippen molar-refractivity contribution in [3.05, 3.63) is 47.1 Å². The van der Waals surface area contributed by atoms with Gasteiger partial charge in [-0.1, -0.05) is 24.3 Å². The third-order valence-corrected chi connectivity index (χ3v) is 5.01. The molecule has 0 saturated carbocycles. The number of carbonyl (C=O) groups excluding carboxylic acids is 3. The third kappa shape index (κ3) is 5.90. The first-order chi connectivity index (χ1) is 13.6. The van der Waals surface area contributed by atoms with Gasteiger partial charge < -0.3 is 19.3 Å². The average Bonchev–Trinajstić information content (AvgIpc) is 2.90. The summed E-state index contributed by atoms with van der Waals surface area (Å²) in [5, 5.41) is 10.4. The molecule has 1 aliphatic carbocycles. The summed E-state index contributed by atoms with van der Waals surface area (Å²) in [6.45, 7) is 10.3. The van der Waals surface area contributed by atoms with Gasteiger partial charge in [0.2, 0.25) is 0 Å². The lowest BCUT2D eigenvalue weighted by Gasteiger charge is -2.28. The molecular formula is C22H28O7. The molecule has 0 aromatic rings. The third-order valence-electron chi connectivity index (χ3n) is 5.01. The number of rotatable bonds is 4. The first kappa shape index (κ1) is 22.6. The Kier molecular flexibility index (Phi) is 7.56. The molecule has 0 aromatic carbocycles. The maximum Gasteiger partial charge on any atom is 0.334 e. The zero-order valence-corrected chi connectivity index (χ0v) is 17.3. The van der Waals surface area contributed by atoms with Crippen molar-refractivity contribution in [1.29, 1.82) is 0 Å². The second kappa shape index (κ2) is 9.69. The summed E-state index contributed by atoms with van der Waals surface area (Å²) in [5.74, 6) is -2.11. The first-order valence-electron chi connectivity index (χ1n) is 9.54. The van der Waals surface area contributed by atoms with Crippen LogP contribution in [0.5, 0.6) is 0 Å². The van der Waals surface area contributed by atoms with Crippen LogP contribution >= 0.6 is 0 Å². The van der Waals surface area contributed by atoms with Gasteiger partial charge >= 0.3 is 17.9 Å². The zero-order chi connectivity index (χ0) is 21.7. The molecule has 0 unspecified atom stereocenters. The van der Waals surface area contributed by atoms with Crippen LogP contribution in [-0.4, -0.2) is 47.9 Å². The van der Waals surface area contributed by atoms with E-state index in [1.54, 1.807) is 32.1 Å². The van der Waals surface area contributed by atoms with Crippen molar-refractivity contribution in [3.8, 4) is 0 Å². The molecule has 1 saturated heterocycles. The lowest BCUT2D eigenvalue weighted by molar-refractivity contribution is -0.148. The molecule has 1 aliphatic heterocycles. The Bertz CT molecular complexity index is 787. The van der Waals surface area contributed by atoms with E-state index in [1.807, 2.05) is 6.92 Å². The Morgan fingerprint density at radius 1 is 1.31 bits per heavy atom. The maximum atomic E-state index is 12.5. The van der Waals surface area contributed by atoms with E-state index in [9.17, 15) is 19.5 Å². The van der Waals surface area contributed by atoms with Gasteiger partial charge in [0, 0.05) is 24.5 Å². The summed E-state index contributed by atoms with van der Waals surface area (Å²) in [6, 6.07) is 0. The number of carbonyl (C=O) groups is 3. The average molecular weight is 404 g/mol. The van der Waals surface area contributed by atoms with Crippen molar-refractivity contribution in [2.24, 2.45) is 5.92 Å². The smallest absolute Gasteiger partial charge is 0.334 e. The van der Waals surface area contributed by atoms with E-state index >= 15 is 0 Å². The Hall–Kier alpha value is -2.67. The van der Waals surface area contributed by atoms with Crippen molar-refractivity contribution in [2.45, 2.75) is 58.8 Å². The van der Waals surface area contributed by atoms with E-state index in [0.29, 0.717) is 17.6 Å². The van der Waals surface area contributed by atoms with Crippen LogP contribution in [0.2, 0.25) is 0 Å². The van der Waals surface area contributed by atoms with Crippen molar-refractivity contribution >= 4 is 17.9 Å². The van der Waals surface area contributed by atoms with Crippen LogP contribution in [0, 0.1) is 5.92 Å². The van der Waals surface area contributed by atoms with Crippen molar-refractivity contribution < 1.29 is 33.7 Å². The normalized spacial score (nSPS) is 31.6. The molecule has 1 N–H and O–H groups in total. The number of esters is 3. The number of hydrogen-bond acceptors (Lipinski definition) is 7. The summed E-state index contributed by atoms with van der Waals surface area (Å²) in [4.78, 5) is 35.9. The van der Waals surface area contributed by atoms with Gasteiger partial charge in [-0.2, -0.15) is 0 Å². The fourth-order valence-electron chi connectivity index (χ4n) is 3.41. The van der Waals surface area contributed by atoms with Gasteiger partial charge in [-0.15, -0.1) is 0 Å². The minimum absolute atomic E-state index is 0.0511. The minimum atomic E-state index is -0.817. The minimum Gasteiger partial charge on any atom is -0.461 e. The molecule has 0 spiro atoms. The van der Waals surface area contributed by atoms with Gasteiger partial charge in [-0.25, -0.2) is 9.59 Å². The standard InChI is InChI=1S/C22H28O7/c1-6-13(3)21(25)28-19-10-16(11-27-15(5)23)9-17(24)7-12(2)8-18-20(19)14(4)22(26)29-18/h6,8-9,17-20,24H,4,7,10-11H2,1-3,5H3/b12-8+,13-6-,16-9-/t17-,18-,19-,20+/m1/s1. The highest BCUT2D eigenvalue weighted by Gasteiger charge is 2.44. The van der Waals surface area contributed by atoms with E-state index < -0.39 is 42.1 Å². The molecule has 2 rings (SSSR count). The lowest BCUT2D eigenvalue weighted by Crippen LogP contribution is -2.34. The van der Waals surface area contributed by atoms with Gasteiger partial charge in [-0.05, 0) is 38.8 Å². The van der Waals surface area contributed by atoms with Crippen LogP contribution in [0.1, 0.15) is 40.5 Å². The summed E-state index contributed by atoms with van der Waals surface area (Å²) in [5.41, 5.74) is 2.05. The molecule has 4 atom stereocenters. The molecule has 0 amide bonds. The quantitative estimate of drug-likeness (QED) is 0.333. The topological polar surface area (TPSA) is 99.1 Å². The molecule has 7 heteroatoms. The van der Waals surface area contributed by atoms with Crippen molar-refractivity contribution in [3.63, 3.8) is 0 Å². The number of ether oxygens (including phenoxy) is 3. The summed E-state index contributed by atoms with van der Waals surface area (Å²) >= 11 is 0. The Balaban J connectivity index is 2.46. The number of hydrogen-bond donors (Lipinski definition) is 1. The molecule has 2 aliphatic rings. The molecule has 0 radical (unpaired) electrons. The molecule has 158 valence electrons. The zero-order valence-electron chi connectivity index (χ0n) is 17.3. The largest absolute Gasteiger partial charge is 0.461 e. The number of allylic oxidation sites excluding steroid dienone is 1.